The molecule has 10 aromatic rings. The number of carbonyl (C=O) groups excluding carboxylic acids is 1. The minimum absolute atomic E-state index is 0.296. The van der Waals surface area contributed by atoms with Gasteiger partial charge in [0.1, 0.15) is 12.7 Å². The van der Waals surface area contributed by atoms with Gasteiger partial charge in [0.2, 0.25) is 0 Å². The highest BCUT2D eigenvalue weighted by Crippen LogP contribution is 2.50. The quantitative estimate of drug-likeness (QED) is 0.173. The molecule has 0 saturated carbocycles. The predicted octanol–water partition coefficient (Wildman–Crippen LogP) is 11.3. The van der Waals surface area contributed by atoms with Crippen LogP contribution in [0.15, 0.2) is 195 Å². The Labute approximate surface area is 345 Å². The Morgan fingerprint density at radius 2 is 0.883 bits per heavy atom. The van der Waals surface area contributed by atoms with E-state index in [4.69, 9.17) is 0 Å². The number of aliphatic hydroxyl groups excluding tert-OH is 1. The topological polar surface area (TPSA) is 97.0 Å². The average Bonchev–Trinajstić information content (AvgIpc) is 3.80. The van der Waals surface area contributed by atoms with Crippen LogP contribution in [0.1, 0.15) is 22.1 Å². The first kappa shape index (κ1) is 35.1. The number of hydrogen-bond acceptors (Lipinski definition) is 6. The highest BCUT2D eigenvalue weighted by atomic mass is 16.3. The Kier molecular flexibility index (Phi) is 8.42. The normalized spacial score (nSPS) is 13.6. The number of fused-ring (bicyclic) bond motifs is 4. The lowest BCUT2D eigenvalue weighted by atomic mass is 9.90. The molecule has 8 heteroatoms. The number of nitrogens with zero attached hydrogens (tertiary/aromatic N) is 6. The van der Waals surface area contributed by atoms with Crippen molar-refractivity contribution in [2.75, 3.05) is 4.90 Å². The van der Waals surface area contributed by atoms with E-state index in [9.17, 15) is 5.11 Å². The van der Waals surface area contributed by atoms with Crippen LogP contribution in [-0.4, -0.2) is 35.5 Å². The number of rotatable bonds is 7. The van der Waals surface area contributed by atoms with E-state index in [2.05, 4.69) is 97.3 Å². The lowest BCUT2D eigenvalue weighted by Gasteiger charge is -2.28. The molecule has 4 heterocycles. The van der Waals surface area contributed by atoms with Crippen LogP contribution in [0, 0.1) is 0 Å². The van der Waals surface area contributed by atoms with E-state index in [1.807, 2.05) is 84.9 Å². The molecule has 0 fully saturated rings. The van der Waals surface area contributed by atoms with Crippen LogP contribution >= 0.6 is 0 Å². The maximum Gasteiger partial charge on any atom is 0.261 e. The first-order valence-electron chi connectivity index (χ1n) is 19.7. The number of benzene rings is 7. The average molecular weight is 775 g/mol. The molecule has 1 aliphatic rings. The minimum atomic E-state index is -1.36. The predicted molar refractivity (Wildman–Crippen MR) is 237 cm³/mol. The van der Waals surface area contributed by atoms with Gasteiger partial charge in [0.15, 0.2) is 6.23 Å². The molecule has 1 N–H and O–H groups in total. The van der Waals surface area contributed by atoms with E-state index < -0.39 is 6.23 Å². The van der Waals surface area contributed by atoms with Gasteiger partial charge in [-0.25, -0.2) is 19.9 Å². The Morgan fingerprint density at radius 3 is 1.38 bits per heavy atom. The lowest BCUT2D eigenvalue weighted by Crippen LogP contribution is -2.29. The molecule has 3 aromatic heterocycles. The van der Waals surface area contributed by atoms with Crippen molar-refractivity contribution < 1.29 is 9.90 Å². The summed E-state index contributed by atoms with van der Waals surface area (Å²) in [6, 6.07) is 52.8. The fourth-order valence-corrected chi connectivity index (χ4v) is 8.86. The Hall–Kier alpha value is -8.07. The van der Waals surface area contributed by atoms with Gasteiger partial charge in [0.25, 0.3) is 5.91 Å². The maximum atomic E-state index is 15.3. The van der Waals surface area contributed by atoms with Crippen molar-refractivity contribution in [1.82, 2.24) is 24.5 Å². The van der Waals surface area contributed by atoms with Crippen molar-refractivity contribution in [1.29, 1.82) is 0 Å². The first-order valence-corrected chi connectivity index (χ1v) is 19.7. The summed E-state index contributed by atoms with van der Waals surface area (Å²) in [6.07, 6.45) is 8.91. The molecule has 0 aliphatic carbocycles. The zero-order valence-electron chi connectivity index (χ0n) is 32.1. The van der Waals surface area contributed by atoms with E-state index in [1.54, 1.807) is 29.7 Å². The van der Waals surface area contributed by atoms with Crippen LogP contribution < -0.4 is 4.90 Å². The number of amides is 1. The Bertz CT molecular complexity index is 3070. The molecule has 1 unspecified atom stereocenters. The molecule has 8 nitrogen and oxygen atoms in total. The van der Waals surface area contributed by atoms with Crippen LogP contribution in [0.4, 0.5) is 5.69 Å². The fourth-order valence-electron chi connectivity index (χ4n) is 8.86. The standard InChI is InChI=1S/C52H34N6O2/c59-51-43-23-12-24-46(57-48-39(37-27-53-31-54-28-37)19-10-21-41(48)42-22-11-20-40(49(42)57)38-29-55-32-56-30-38)47(43)52(60)58(51)50-44(34-15-6-2-7-16-34)25-36(33-13-4-1-5-14-33)26-45(50)35-17-8-3-9-18-35/h1-32,52,60H. The fraction of sp³-hybridized carbons (Fsp3) is 0.0192. The van der Waals surface area contributed by atoms with Crippen LogP contribution in [-0.2, 0) is 0 Å². The van der Waals surface area contributed by atoms with E-state index in [1.165, 1.54) is 12.7 Å². The third-order valence-corrected chi connectivity index (χ3v) is 11.5. The van der Waals surface area contributed by atoms with Crippen LogP contribution in [0.3, 0.4) is 0 Å². The smallest absolute Gasteiger partial charge is 0.261 e. The van der Waals surface area contributed by atoms with Gasteiger partial charge in [0.05, 0.1) is 22.4 Å². The van der Waals surface area contributed by atoms with Gasteiger partial charge >= 0.3 is 0 Å². The highest BCUT2D eigenvalue weighted by molar-refractivity contribution is 6.19. The SMILES string of the molecule is O=C1c2cccc(-n3c4c(-c5cncnc5)cccc4c4cccc(-c5cncnc5)c43)c2C(O)N1c1c(-c2ccccc2)cc(-c2ccccc2)cc1-c1ccccc1. The first-order chi connectivity index (χ1) is 29.7. The number of para-hydroxylation sites is 2. The summed E-state index contributed by atoms with van der Waals surface area (Å²) in [6.45, 7) is 0. The molecular weight excluding hydrogens is 741 g/mol. The minimum Gasteiger partial charge on any atom is -0.369 e. The van der Waals surface area contributed by atoms with Crippen LogP contribution in [0.5, 0.6) is 0 Å². The molecule has 284 valence electrons. The molecule has 0 bridgehead atoms. The summed E-state index contributed by atoms with van der Waals surface area (Å²) in [5.41, 5.74) is 13.0. The molecule has 1 amide bonds. The monoisotopic (exact) mass is 774 g/mol. The Morgan fingerprint density at radius 1 is 0.433 bits per heavy atom. The number of aromatic nitrogens is 5. The van der Waals surface area contributed by atoms with E-state index in [0.29, 0.717) is 22.5 Å². The molecule has 1 atom stereocenters. The van der Waals surface area contributed by atoms with Crippen molar-refractivity contribution in [3.63, 3.8) is 0 Å². The largest absolute Gasteiger partial charge is 0.369 e. The number of hydrogen-bond donors (Lipinski definition) is 1. The number of carbonyl (C=O) groups is 1. The van der Waals surface area contributed by atoms with Gasteiger partial charge in [-0.1, -0.05) is 133 Å². The van der Waals surface area contributed by atoms with Gasteiger partial charge in [0, 0.05) is 80.1 Å². The molecular formula is C52H34N6O2. The number of aliphatic hydroxyl groups is 1. The molecule has 7 aromatic carbocycles. The lowest BCUT2D eigenvalue weighted by molar-refractivity contribution is 0.0935. The Balaban J connectivity index is 1.21. The van der Waals surface area contributed by atoms with Crippen molar-refractivity contribution in [2.24, 2.45) is 0 Å². The second-order valence-electron chi connectivity index (χ2n) is 14.8. The maximum absolute atomic E-state index is 15.3. The van der Waals surface area contributed by atoms with Crippen molar-refractivity contribution in [3.8, 4) is 61.3 Å². The molecule has 60 heavy (non-hydrogen) atoms. The number of anilines is 1. The highest BCUT2D eigenvalue weighted by Gasteiger charge is 2.42. The van der Waals surface area contributed by atoms with Gasteiger partial charge in [-0.2, -0.15) is 0 Å². The van der Waals surface area contributed by atoms with Crippen molar-refractivity contribution in [3.05, 3.63) is 206 Å². The van der Waals surface area contributed by atoms with Crippen molar-refractivity contribution in [2.45, 2.75) is 6.23 Å². The van der Waals surface area contributed by atoms with E-state index in [-0.39, 0.29) is 5.91 Å². The van der Waals surface area contributed by atoms with Crippen molar-refractivity contribution >= 4 is 33.4 Å². The molecule has 1 aliphatic heterocycles. The summed E-state index contributed by atoms with van der Waals surface area (Å²) in [7, 11) is 0. The summed E-state index contributed by atoms with van der Waals surface area (Å²) in [5.74, 6) is -0.296. The van der Waals surface area contributed by atoms with Crippen LogP contribution in [0.25, 0.3) is 83.1 Å². The second-order valence-corrected chi connectivity index (χ2v) is 14.8. The summed E-state index contributed by atoms with van der Waals surface area (Å²) >= 11 is 0. The van der Waals surface area contributed by atoms with E-state index >= 15 is 4.79 Å². The van der Waals surface area contributed by atoms with Crippen LogP contribution in [0.2, 0.25) is 0 Å². The molecule has 0 spiro atoms. The van der Waals surface area contributed by atoms with Gasteiger partial charge in [-0.3, -0.25) is 9.69 Å². The van der Waals surface area contributed by atoms with Gasteiger partial charge in [-0.15, -0.1) is 0 Å². The summed E-state index contributed by atoms with van der Waals surface area (Å²) < 4.78 is 2.18. The second kappa shape index (κ2) is 14.4. The third-order valence-electron chi connectivity index (χ3n) is 11.5. The zero-order chi connectivity index (χ0) is 40.2. The third kappa shape index (κ3) is 5.61. The summed E-state index contributed by atoms with van der Waals surface area (Å²) in [4.78, 5) is 34.4. The van der Waals surface area contributed by atoms with E-state index in [0.717, 1.165) is 77.4 Å². The molecule has 0 radical (unpaired) electrons. The zero-order valence-corrected chi connectivity index (χ0v) is 32.1. The molecule has 11 rings (SSSR count). The van der Waals surface area contributed by atoms with Gasteiger partial charge < -0.3 is 9.67 Å². The summed E-state index contributed by atoms with van der Waals surface area (Å²) in [5, 5.41) is 15.0. The van der Waals surface area contributed by atoms with Gasteiger partial charge in [-0.05, 0) is 46.5 Å². The molecule has 0 saturated heterocycles.